The lowest BCUT2D eigenvalue weighted by Gasteiger charge is -2.42. The number of benzene rings is 1. The number of aromatic nitrogens is 2. The SMILES string of the molecule is N[C@@H]1c2ccccc2CC12CCN(c1nc(Sc3ccncc3Cl)cs1)CC2. The minimum atomic E-state index is 0.155. The Balaban J connectivity index is 1.27. The number of halogens is 1. The summed E-state index contributed by atoms with van der Waals surface area (Å²) in [6.07, 6.45) is 6.76. The maximum atomic E-state index is 6.69. The number of rotatable bonds is 3. The highest BCUT2D eigenvalue weighted by Gasteiger charge is 2.45. The van der Waals surface area contributed by atoms with Gasteiger partial charge in [-0.3, -0.25) is 4.98 Å². The summed E-state index contributed by atoms with van der Waals surface area (Å²) in [7, 11) is 0. The topological polar surface area (TPSA) is 55.0 Å². The van der Waals surface area contributed by atoms with Crippen molar-refractivity contribution in [3.8, 4) is 0 Å². The van der Waals surface area contributed by atoms with Gasteiger partial charge in [-0.1, -0.05) is 47.6 Å². The van der Waals surface area contributed by atoms with Crippen LogP contribution in [0.2, 0.25) is 5.02 Å². The van der Waals surface area contributed by atoms with Gasteiger partial charge in [0.15, 0.2) is 5.13 Å². The lowest BCUT2D eigenvalue weighted by molar-refractivity contribution is 0.187. The molecule has 1 spiro atoms. The fourth-order valence-electron chi connectivity index (χ4n) is 4.45. The van der Waals surface area contributed by atoms with E-state index in [-0.39, 0.29) is 11.5 Å². The van der Waals surface area contributed by atoms with Crippen LogP contribution in [0.15, 0.2) is 58.0 Å². The second-order valence-corrected chi connectivity index (χ2v) is 9.89. The summed E-state index contributed by atoms with van der Waals surface area (Å²) in [6, 6.07) is 10.8. The summed E-state index contributed by atoms with van der Waals surface area (Å²) < 4.78 is 0. The molecule has 2 N–H and O–H groups in total. The molecule has 1 aromatic carbocycles. The first-order valence-corrected chi connectivity index (χ1v) is 11.5. The van der Waals surface area contributed by atoms with E-state index in [0.29, 0.717) is 5.02 Å². The molecule has 5 rings (SSSR count). The Morgan fingerprint density at radius 1 is 1.21 bits per heavy atom. The van der Waals surface area contributed by atoms with E-state index in [1.165, 1.54) is 11.1 Å². The Bertz CT molecular complexity index is 997. The quantitative estimate of drug-likeness (QED) is 0.622. The largest absolute Gasteiger partial charge is 0.348 e. The summed E-state index contributed by atoms with van der Waals surface area (Å²) in [5.74, 6) is 0. The van der Waals surface area contributed by atoms with Crippen LogP contribution in [0.5, 0.6) is 0 Å². The molecular weight excluding hydrogens is 408 g/mol. The number of pyridine rings is 1. The molecule has 0 amide bonds. The number of piperidine rings is 1. The van der Waals surface area contributed by atoms with Crippen LogP contribution in [0.3, 0.4) is 0 Å². The van der Waals surface area contributed by atoms with Crippen molar-refractivity contribution in [2.75, 3.05) is 18.0 Å². The number of hydrogen-bond acceptors (Lipinski definition) is 6. The highest BCUT2D eigenvalue weighted by Crippen LogP contribution is 2.51. The fourth-order valence-corrected chi connectivity index (χ4v) is 6.46. The van der Waals surface area contributed by atoms with E-state index >= 15 is 0 Å². The monoisotopic (exact) mass is 428 g/mol. The minimum Gasteiger partial charge on any atom is -0.348 e. The lowest BCUT2D eigenvalue weighted by atomic mass is 9.73. The summed E-state index contributed by atoms with van der Waals surface area (Å²) in [4.78, 5) is 12.3. The van der Waals surface area contributed by atoms with Crippen molar-refractivity contribution in [3.63, 3.8) is 0 Å². The molecule has 0 radical (unpaired) electrons. The molecule has 0 unspecified atom stereocenters. The first-order valence-electron chi connectivity index (χ1n) is 9.46. The zero-order valence-corrected chi connectivity index (χ0v) is 17.7. The third-order valence-corrected chi connectivity index (χ3v) is 8.50. The molecule has 1 atom stereocenters. The molecule has 1 aliphatic carbocycles. The van der Waals surface area contributed by atoms with Crippen LogP contribution in [0.1, 0.15) is 30.0 Å². The van der Waals surface area contributed by atoms with Crippen molar-refractivity contribution in [3.05, 3.63) is 64.3 Å². The number of hydrogen-bond donors (Lipinski definition) is 1. The minimum absolute atomic E-state index is 0.155. The Morgan fingerprint density at radius 2 is 2.04 bits per heavy atom. The molecule has 2 aliphatic rings. The van der Waals surface area contributed by atoms with Gasteiger partial charge in [-0.05, 0) is 41.9 Å². The van der Waals surface area contributed by atoms with Gasteiger partial charge < -0.3 is 10.6 Å². The maximum Gasteiger partial charge on any atom is 0.186 e. The van der Waals surface area contributed by atoms with Gasteiger partial charge in [0.1, 0.15) is 5.03 Å². The van der Waals surface area contributed by atoms with E-state index in [4.69, 9.17) is 22.3 Å². The fraction of sp³-hybridized carbons (Fsp3) is 0.333. The van der Waals surface area contributed by atoms with Gasteiger partial charge in [0.25, 0.3) is 0 Å². The molecule has 28 heavy (non-hydrogen) atoms. The summed E-state index contributed by atoms with van der Waals surface area (Å²) in [6.45, 7) is 2.02. The Kier molecular flexibility index (Phi) is 4.83. The molecular formula is C21H21ClN4S2. The third-order valence-electron chi connectivity index (χ3n) is 6.04. The Morgan fingerprint density at radius 3 is 2.82 bits per heavy atom. The van der Waals surface area contributed by atoms with Crippen LogP contribution in [0.4, 0.5) is 5.13 Å². The molecule has 7 heteroatoms. The van der Waals surface area contributed by atoms with Crippen LogP contribution in [-0.4, -0.2) is 23.1 Å². The average Bonchev–Trinajstić information content (AvgIpc) is 3.28. The lowest BCUT2D eigenvalue weighted by Crippen LogP contribution is -2.44. The summed E-state index contributed by atoms with van der Waals surface area (Å²) >= 11 is 9.52. The summed E-state index contributed by atoms with van der Waals surface area (Å²) in [5, 5.41) is 4.85. The summed E-state index contributed by atoms with van der Waals surface area (Å²) in [5.41, 5.74) is 9.68. The second kappa shape index (κ2) is 7.34. The van der Waals surface area contributed by atoms with Crippen molar-refractivity contribution in [1.29, 1.82) is 0 Å². The predicted molar refractivity (Wildman–Crippen MR) is 116 cm³/mol. The van der Waals surface area contributed by atoms with E-state index < -0.39 is 0 Å². The predicted octanol–water partition coefficient (Wildman–Crippen LogP) is 5.19. The zero-order valence-electron chi connectivity index (χ0n) is 15.3. The van der Waals surface area contributed by atoms with E-state index in [9.17, 15) is 0 Å². The first-order chi connectivity index (χ1) is 13.6. The van der Waals surface area contributed by atoms with Crippen molar-refractivity contribution in [2.45, 2.75) is 35.2 Å². The van der Waals surface area contributed by atoms with Crippen LogP contribution >= 0.6 is 34.7 Å². The van der Waals surface area contributed by atoms with E-state index in [1.807, 2.05) is 6.07 Å². The highest BCUT2D eigenvalue weighted by atomic mass is 35.5. The molecule has 4 nitrogen and oxygen atoms in total. The normalized spacial score (nSPS) is 20.5. The standard InChI is InChI=1S/C21H21ClN4S2/c22-16-12-24-8-5-17(16)28-18-13-27-20(25-18)26-9-6-21(7-10-26)11-14-3-1-2-4-15(14)19(21)23/h1-5,8,12-13,19H,6-7,9-11,23H2/t19-/m1/s1. The molecule has 0 saturated carbocycles. The maximum absolute atomic E-state index is 6.69. The van der Waals surface area contributed by atoms with Gasteiger partial charge in [0.05, 0.1) is 5.02 Å². The number of nitrogens with zero attached hydrogens (tertiary/aromatic N) is 3. The van der Waals surface area contributed by atoms with Crippen LogP contribution in [0.25, 0.3) is 0 Å². The number of fused-ring (bicyclic) bond motifs is 1. The van der Waals surface area contributed by atoms with Gasteiger partial charge in [-0.2, -0.15) is 0 Å². The van der Waals surface area contributed by atoms with E-state index in [0.717, 1.165) is 47.4 Å². The van der Waals surface area contributed by atoms with E-state index in [1.54, 1.807) is 35.5 Å². The van der Waals surface area contributed by atoms with Crippen molar-refractivity contribution < 1.29 is 0 Å². The molecule has 144 valence electrons. The van der Waals surface area contributed by atoms with Crippen molar-refractivity contribution in [2.24, 2.45) is 11.1 Å². The van der Waals surface area contributed by atoms with E-state index in [2.05, 4.69) is 39.5 Å². The number of anilines is 1. The van der Waals surface area contributed by atoms with Crippen LogP contribution in [-0.2, 0) is 6.42 Å². The third kappa shape index (κ3) is 3.22. The molecule has 3 aromatic rings. The van der Waals surface area contributed by atoms with Gasteiger partial charge >= 0.3 is 0 Å². The number of thiazole rings is 1. The van der Waals surface area contributed by atoms with Gasteiger partial charge in [0.2, 0.25) is 0 Å². The molecule has 1 fully saturated rings. The smallest absolute Gasteiger partial charge is 0.186 e. The zero-order chi connectivity index (χ0) is 19.1. The van der Waals surface area contributed by atoms with Crippen molar-refractivity contribution >= 4 is 39.8 Å². The molecule has 3 heterocycles. The molecule has 0 bridgehead atoms. The first kappa shape index (κ1) is 18.4. The highest BCUT2D eigenvalue weighted by molar-refractivity contribution is 7.99. The second-order valence-electron chi connectivity index (χ2n) is 7.58. The Hall–Kier alpha value is -1.60. The Labute approximate surface area is 178 Å². The van der Waals surface area contributed by atoms with Gasteiger partial charge in [-0.15, -0.1) is 11.3 Å². The van der Waals surface area contributed by atoms with Gasteiger partial charge in [-0.25, -0.2) is 4.98 Å². The molecule has 1 saturated heterocycles. The molecule has 1 aliphatic heterocycles. The molecule has 2 aromatic heterocycles. The number of nitrogens with two attached hydrogens (primary N) is 1. The van der Waals surface area contributed by atoms with Crippen LogP contribution in [0, 0.1) is 5.41 Å². The average molecular weight is 429 g/mol. The van der Waals surface area contributed by atoms with Crippen molar-refractivity contribution in [1.82, 2.24) is 9.97 Å². The van der Waals surface area contributed by atoms with Crippen LogP contribution < -0.4 is 10.6 Å². The van der Waals surface area contributed by atoms with Gasteiger partial charge in [0, 0.05) is 41.8 Å².